The Morgan fingerprint density at radius 3 is 2.22 bits per heavy atom. The van der Waals surface area contributed by atoms with Crippen LogP contribution in [0, 0.1) is 23.7 Å². The van der Waals surface area contributed by atoms with Crippen LogP contribution in [0.1, 0.15) is 65.7 Å². The maximum Gasteiger partial charge on any atom is 0.0563 e. The average Bonchev–Trinajstić information content (AvgIpc) is 2.38. The van der Waals surface area contributed by atoms with E-state index in [1.165, 1.54) is 43.0 Å². The van der Waals surface area contributed by atoms with E-state index >= 15 is 0 Å². The molecule has 0 amide bonds. The zero-order chi connectivity index (χ0) is 13.5. The molecule has 0 aromatic rings. The van der Waals surface area contributed by atoms with Crippen molar-refractivity contribution in [3.63, 3.8) is 0 Å². The second-order valence-corrected chi connectivity index (χ2v) is 7.37. The molecular formula is C16H31IO. The minimum atomic E-state index is -0.0829. The molecule has 1 aliphatic rings. The van der Waals surface area contributed by atoms with E-state index in [1.54, 1.807) is 0 Å². The van der Waals surface area contributed by atoms with Crippen molar-refractivity contribution in [3.8, 4) is 0 Å². The number of halogens is 1. The first-order valence-corrected chi connectivity index (χ1v) is 9.35. The van der Waals surface area contributed by atoms with Gasteiger partial charge in [-0.25, -0.2) is 0 Å². The third-order valence-corrected chi connectivity index (χ3v) is 6.05. The summed E-state index contributed by atoms with van der Waals surface area (Å²) in [5, 5.41) is 9.87. The SMILES string of the molecule is CCC(CI)C1CCC(CCC(O)C(C)C)CC1. The summed E-state index contributed by atoms with van der Waals surface area (Å²) in [5.74, 6) is 3.25. The van der Waals surface area contributed by atoms with E-state index in [4.69, 9.17) is 0 Å². The highest BCUT2D eigenvalue weighted by Gasteiger charge is 2.26. The first kappa shape index (κ1) is 16.7. The lowest BCUT2D eigenvalue weighted by atomic mass is 9.74. The molecule has 1 saturated carbocycles. The highest BCUT2D eigenvalue weighted by atomic mass is 127. The van der Waals surface area contributed by atoms with E-state index in [2.05, 4.69) is 43.4 Å². The summed E-state index contributed by atoms with van der Waals surface area (Å²) in [7, 11) is 0. The van der Waals surface area contributed by atoms with Crippen molar-refractivity contribution in [3.05, 3.63) is 0 Å². The Hall–Kier alpha value is 0.690. The Labute approximate surface area is 127 Å². The van der Waals surface area contributed by atoms with Gasteiger partial charge in [-0.3, -0.25) is 0 Å². The minimum Gasteiger partial charge on any atom is -0.393 e. The maximum atomic E-state index is 9.87. The number of aliphatic hydroxyl groups is 1. The maximum absolute atomic E-state index is 9.87. The topological polar surface area (TPSA) is 20.2 Å². The van der Waals surface area contributed by atoms with Gasteiger partial charge in [-0.2, -0.15) is 0 Å². The molecular weight excluding hydrogens is 335 g/mol. The quantitative estimate of drug-likeness (QED) is 0.494. The molecule has 0 saturated heterocycles. The first-order valence-electron chi connectivity index (χ1n) is 7.82. The second-order valence-electron chi connectivity index (χ2n) is 6.49. The van der Waals surface area contributed by atoms with Crippen LogP contribution in [0.15, 0.2) is 0 Å². The zero-order valence-electron chi connectivity index (χ0n) is 12.4. The van der Waals surface area contributed by atoms with Gasteiger partial charge in [-0.15, -0.1) is 0 Å². The van der Waals surface area contributed by atoms with Crippen molar-refractivity contribution in [1.29, 1.82) is 0 Å². The number of hydrogen-bond acceptors (Lipinski definition) is 1. The van der Waals surface area contributed by atoms with Crippen LogP contribution in [0.4, 0.5) is 0 Å². The largest absolute Gasteiger partial charge is 0.393 e. The molecule has 18 heavy (non-hydrogen) atoms. The predicted octanol–water partition coefficient (Wildman–Crippen LogP) is 5.05. The highest BCUT2D eigenvalue weighted by Crippen LogP contribution is 2.37. The lowest BCUT2D eigenvalue weighted by molar-refractivity contribution is 0.101. The van der Waals surface area contributed by atoms with E-state index in [-0.39, 0.29) is 6.10 Å². The molecule has 2 unspecified atom stereocenters. The van der Waals surface area contributed by atoms with Crippen LogP contribution in [0.25, 0.3) is 0 Å². The van der Waals surface area contributed by atoms with Crippen LogP contribution < -0.4 is 0 Å². The Balaban J connectivity index is 2.23. The second kappa shape index (κ2) is 8.78. The molecule has 0 aromatic carbocycles. The molecule has 0 spiro atoms. The van der Waals surface area contributed by atoms with Crippen LogP contribution in [-0.4, -0.2) is 15.6 Å². The van der Waals surface area contributed by atoms with E-state index in [9.17, 15) is 5.11 Å². The summed E-state index contributed by atoms with van der Waals surface area (Å²) in [6, 6.07) is 0. The van der Waals surface area contributed by atoms with Gasteiger partial charge in [0.05, 0.1) is 6.10 Å². The number of hydrogen-bond donors (Lipinski definition) is 1. The molecule has 2 heteroatoms. The molecule has 1 nitrogen and oxygen atoms in total. The van der Waals surface area contributed by atoms with Gasteiger partial charge in [0, 0.05) is 4.43 Å². The van der Waals surface area contributed by atoms with Crippen molar-refractivity contribution in [1.82, 2.24) is 0 Å². The zero-order valence-corrected chi connectivity index (χ0v) is 14.5. The summed E-state index contributed by atoms with van der Waals surface area (Å²) in [6.07, 6.45) is 9.20. The van der Waals surface area contributed by atoms with E-state index in [0.717, 1.165) is 24.2 Å². The van der Waals surface area contributed by atoms with Crippen LogP contribution in [-0.2, 0) is 0 Å². The van der Waals surface area contributed by atoms with Gasteiger partial charge in [-0.05, 0) is 49.4 Å². The fourth-order valence-electron chi connectivity index (χ4n) is 3.26. The monoisotopic (exact) mass is 366 g/mol. The van der Waals surface area contributed by atoms with Crippen LogP contribution in [0.5, 0.6) is 0 Å². The van der Waals surface area contributed by atoms with Gasteiger partial charge in [0.25, 0.3) is 0 Å². The first-order chi connectivity index (χ1) is 8.58. The lowest BCUT2D eigenvalue weighted by Gasteiger charge is -2.33. The van der Waals surface area contributed by atoms with Gasteiger partial charge in [0.15, 0.2) is 0 Å². The molecule has 0 radical (unpaired) electrons. The van der Waals surface area contributed by atoms with Gasteiger partial charge in [0.1, 0.15) is 0 Å². The summed E-state index contributed by atoms with van der Waals surface area (Å²) in [6.45, 7) is 6.58. The van der Waals surface area contributed by atoms with Crippen molar-refractivity contribution in [2.24, 2.45) is 23.7 Å². The fraction of sp³-hybridized carbons (Fsp3) is 1.00. The van der Waals surface area contributed by atoms with Crippen LogP contribution in [0.3, 0.4) is 0 Å². The Kier molecular flexibility index (Phi) is 8.17. The van der Waals surface area contributed by atoms with Gasteiger partial charge in [-0.1, -0.05) is 62.6 Å². The van der Waals surface area contributed by atoms with Crippen molar-refractivity contribution < 1.29 is 5.11 Å². The standard InChI is InChI=1S/C16H31IO/c1-4-14(11-17)15-8-5-13(6-9-15)7-10-16(18)12(2)3/h12-16,18H,4-11H2,1-3H3. The Bertz CT molecular complexity index is 205. The smallest absolute Gasteiger partial charge is 0.0563 e. The Morgan fingerprint density at radius 2 is 1.78 bits per heavy atom. The molecule has 108 valence electrons. The van der Waals surface area contributed by atoms with Gasteiger partial charge >= 0.3 is 0 Å². The molecule has 0 aromatic heterocycles. The predicted molar refractivity (Wildman–Crippen MR) is 88.2 cm³/mol. The summed E-state index contributed by atoms with van der Waals surface area (Å²) < 4.78 is 1.33. The number of rotatable bonds is 7. The molecule has 0 bridgehead atoms. The highest BCUT2D eigenvalue weighted by molar-refractivity contribution is 14.1. The molecule has 1 rings (SSSR count). The molecule has 1 fully saturated rings. The summed E-state index contributed by atoms with van der Waals surface area (Å²) >= 11 is 2.56. The van der Waals surface area contributed by atoms with Gasteiger partial charge < -0.3 is 5.11 Å². The van der Waals surface area contributed by atoms with Crippen molar-refractivity contribution in [2.45, 2.75) is 71.8 Å². The molecule has 1 aliphatic carbocycles. The van der Waals surface area contributed by atoms with Crippen molar-refractivity contribution >= 4 is 22.6 Å². The Morgan fingerprint density at radius 1 is 1.17 bits per heavy atom. The minimum absolute atomic E-state index is 0.0829. The lowest BCUT2D eigenvalue weighted by Crippen LogP contribution is -2.23. The molecule has 1 N–H and O–H groups in total. The summed E-state index contributed by atoms with van der Waals surface area (Å²) in [4.78, 5) is 0. The van der Waals surface area contributed by atoms with Gasteiger partial charge in [0.2, 0.25) is 0 Å². The van der Waals surface area contributed by atoms with E-state index in [0.29, 0.717) is 5.92 Å². The molecule has 0 heterocycles. The van der Waals surface area contributed by atoms with Crippen LogP contribution in [0.2, 0.25) is 0 Å². The summed E-state index contributed by atoms with van der Waals surface area (Å²) in [5.41, 5.74) is 0. The van der Waals surface area contributed by atoms with E-state index in [1.807, 2.05) is 0 Å². The van der Waals surface area contributed by atoms with Crippen LogP contribution >= 0.6 is 22.6 Å². The fourth-order valence-corrected chi connectivity index (χ4v) is 4.60. The molecule has 0 aliphatic heterocycles. The van der Waals surface area contributed by atoms with Crippen molar-refractivity contribution in [2.75, 3.05) is 4.43 Å². The number of aliphatic hydroxyl groups excluding tert-OH is 1. The third-order valence-electron chi connectivity index (χ3n) is 4.92. The third kappa shape index (κ3) is 5.36. The van der Waals surface area contributed by atoms with E-state index < -0.39 is 0 Å². The average molecular weight is 366 g/mol. The number of alkyl halides is 1. The molecule has 2 atom stereocenters. The normalized spacial score (nSPS) is 28.3.